The van der Waals surface area contributed by atoms with Crippen molar-refractivity contribution >= 4 is 40.8 Å². The van der Waals surface area contributed by atoms with E-state index in [0.717, 1.165) is 17.1 Å². The van der Waals surface area contributed by atoms with Crippen LogP contribution >= 0.6 is 23.2 Å². The first-order valence-electron chi connectivity index (χ1n) is 10.0. The van der Waals surface area contributed by atoms with Gasteiger partial charge in [-0.25, -0.2) is 9.48 Å². The molecule has 166 valence electrons. The molecule has 0 saturated heterocycles. The minimum Gasteiger partial charge on any atom is -0.423 e. The molecular weight excluding hydrogens is 461 g/mol. The van der Waals surface area contributed by atoms with Crippen LogP contribution in [0.25, 0.3) is 5.69 Å². The molecule has 4 rings (SSSR count). The van der Waals surface area contributed by atoms with E-state index < -0.39 is 5.97 Å². The number of anilines is 1. The van der Waals surface area contributed by atoms with E-state index in [1.807, 2.05) is 26.0 Å². The summed E-state index contributed by atoms with van der Waals surface area (Å²) < 4.78 is 7.09. The Kier molecular flexibility index (Phi) is 6.49. The zero-order valence-corrected chi connectivity index (χ0v) is 19.3. The van der Waals surface area contributed by atoms with Gasteiger partial charge < -0.3 is 10.1 Å². The topological polar surface area (TPSA) is 73.2 Å². The number of aromatic nitrogens is 2. The third kappa shape index (κ3) is 5.08. The molecule has 3 aromatic carbocycles. The number of aryl methyl sites for hydroxylation is 1. The maximum Gasteiger partial charge on any atom is 0.343 e. The summed E-state index contributed by atoms with van der Waals surface area (Å²) >= 11 is 12.1. The fourth-order valence-electron chi connectivity index (χ4n) is 3.22. The first-order valence-corrected chi connectivity index (χ1v) is 10.8. The maximum atomic E-state index is 12.6. The highest BCUT2D eigenvalue weighted by atomic mass is 35.5. The van der Waals surface area contributed by atoms with Gasteiger partial charge >= 0.3 is 5.97 Å². The molecule has 1 amide bonds. The van der Waals surface area contributed by atoms with Gasteiger partial charge in [0.2, 0.25) is 0 Å². The second-order valence-corrected chi connectivity index (χ2v) is 8.14. The highest BCUT2D eigenvalue weighted by Gasteiger charge is 2.13. The number of carbonyl (C=O) groups is 2. The molecule has 0 spiro atoms. The second-order valence-electron chi connectivity index (χ2n) is 7.32. The summed E-state index contributed by atoms with van der Waals surface area (Å²) in [6.07, 6.45) is 0. The van der Waals surface area contributed by atoms with Gasteiger partial charge in [-0.2, -0.15) is 5.10 Å². The van der Waals surface area contributed by atoms with Gasteiger partial charge in [-0.05, 0) is 80.6 Å². The molecule has 0 radical (unpaired) electrons. The van der Waals surface area contributed by atoms with Crippen molar-refractivity contribution in [3.63, 3.8) is 0 Å². The normalized spacial score (nSPS) is 10.7. The van der Waals surface area contributed by atoms with Gasteiger partial charge in [0.25, 0.3) is 5.91 Å². The SMILES string of the molecule is Cc1nn(-c2ccc(NC(=O)c3ccc(OC(=O)c4cccc(Cl)c4)cc3)cc2)c(C)c1Cl. The van der Waals surface area contributed by atoms with E-state index in [-0.39, 0.29) is 5.91 Å². The molecule has 1 N–H and O–H groups in total. The third-order valence-corrected chi connectivity index (χ3v) is 5.74. The number of rotatable bonds is 5. The van der Waals surface area contributed by atoms with Gasteiger partial charge in [0.15, 0.2) is 0 Å². The standard InChI is InChI=1S/C25H19Cl2N3O3/c1-15-23(27)16(2)30(29-15)21-10-8-20(9-11-21)28-24(31)17-6-12-22(13-7-17)33-25(32)18-4-3-5-19(26)14-18/h3-14H,1-2H3,(H,28,31). The van der Waals surface area contributed by atoms with Gasteiger partial charge in [0, 0.05) is 16.3 Å². The summed E-state index contributed by atoms with van der Waals surface area (Å²) in [5, 5.41) is 8.35. The molecule has 33 heavy (non-hydrogen) atoms. The highest BCUT2D eigenvalue weighted by Crippen LogP contribution is 2.23. The molecule has 0 atom stereocenters. The fourth-order valence-corrected chi connectivity index (χ4v) is 3.53. The lowest BCUT2D eigenvalue weighted by molar-refractivity contribution is 0.0734. The predicted molar refractivity (Wildman–Crippen MR) is 129 cm³/mol. The van der Waals surface area contributed by atoms with E-state index >= 15 is 0 Å². The molecule has 0 unspecified atom stereocenters. The van der Waals surface area contributed by atoms with Crippen molar-refractivity contribution in [1.29, 1.82) is 0 Å². The van der Waals surface area contributed by atoms with E-state index in [9.17, 15) is 9.59 Å². The zero-order chi connectivity index (χ0) is 23.5. The summed E-state index contributed by atoms with van der Waals surface area (Å²) in [6.45, 7) is 3.75. The molecule has 0 saturated carbocycles. The van der Waals surface area contributed by atoms with Gasteiger partial charge in [0.1, 0.15) is 5.75 Å². The van der Waals surface area contributed by atoms with E-state index in [2.05, 4.69) is 10.4 Å². The van der Waals surface area contributed by atoms with E-state index in [4.69, 9.17) is 27.9 Å². The Balaban J connectivity index is 1.40. The monoisotopic (exact) mass is 479 g/mol. The summed E-state index contributed by atoms with van der Waals surface area (Å²) in [6, 6.07) is 20.1. The Bertz CT molecular complexity index is 1330. The molecule has 8 heteroatoms. The summed E-state index contributed by atoms with van der Waals surface area (Å²) in [4.78, 5) is 24.8. The van der Waals surface area contributed by atoms with Gasteiger partial charge in [0.05, 0.1) is 27.7 Å². The number of benzene rings is 3. The van der Waals surface area contributed by atoms with Gasteiger partial charge in [-0.3, -0.25) is 4.79 Å². The van der Waals surface area contributed by atoms with Crippen LogP contribution in [0.4, 0.5) is 5.69 Å². The molecule has 4 aromatic rings. The average Bonchev–Trinajstić information content (AvgIpc) is 3.07. The minimum atomic E-state index is -0.529. The number of amides is 1. The zero-order valence-electron chi connectivity index (χ0n) is 17.8. The lowest BCUT2D eigenvalue weighted by Crippen LogP contribution is -2.12. The maximum absolute atomic E-state index is 12.6. The molecular formula is C25H19Cl2N3O3. The summed E-state index contributed by atoms with van der Waals surface area (Å²) in [5.74, 6) is -0.493. The van der Waals surface area contributed by atoms with Crippen LogP contribution in [0.1, 0.15) is 32.1 Å². The van der Waals surface area contributed by atoms with Crippen molar-refractivity contribution in [2.45, 2.75) is 13.8 Å². The fraction of sp³-hybridized carbons (Fsp3) is 0.0800. The van der Waals surface area contributed by atoms with Crippen LogP contribution in [0.2, 0.25) is 10.0 Å². The first-order chi connectivity index (χ1) is 15.8. The van der Waals surface area contributed by atoms with Crippen LogP contribution in [0.5, 0.6) is 5.75 Å². The van der Waals surface area contributed by atoms with Crippen molar-refractivity contribution in [3.05, 3.63) is 105 Å². The number of nitrogens with zero attached hydrogens (tertiary/aromatic N) is 2. The lowest BCUT2D eigenvalue weighted by Gasteiger charge is -2.09. The van der Waals surface area contributed by atoms with Crippen LogP contribution < -0.4 is 10.1 Å². The van der Waals surface area contributed by atoms with Crippen molar-refractivity contribution in [2.75, 3.05) is 5.32 Å². The number of nitrogens with one attached hydrogen (secondary N) is 1. The average molecular weight is 480 g/mol. The first kappa shape index (κ1) is 22.6. The van der Waals surface area contributed by atoms with Crippen molar-refractivity contribution < 1.29 is 14.3 Å². The number of hydrogen-bond donors (Lipinski definition) is 1. The summed E-state index contributed by atoms with van der Waals surface area (Å²) in [5.41, 5.74) is 3.84. The highest BCUT2D eigenvalue weighted by molar-refractivity contribution is 6.32. The Morgan fingerprint density at radius 3 is 2.21 bits per heavy atom. The van der Waals surface area contributed by atoms with Crippen LogP contribution in [0.3, 0.4) is 0 Å². The molecule has 6 nitrogen and oxygen atoms in total. The Hall–Kier alpha value is -3.61. The molecule has 0 bridgehead atoms. The summed E-state index contributed by atoms with van der Waals surface area (Å²) in [7, 11) is 0. The Morgan fingerprint density at radius 1 is 0.909 bits per heavy atom. The number of esters is 1. The smallest absolute Gasteiger partial charge is 0.343 e. The van der Waals surface area contributed by atoms with Crippen LogP contribution in [-0.4, -0.2) is 21.7 Å². The van der Waals surface area contributed by atoms with Crippen LogP contribution in [0, 0.1) is 13.8 Å². The molecule has 0 aliphatic heterocycles. The molecule has 1 heterocycles. The van der Waals surface area contributed by atoms with Crippen LogP contribution in [0.15, 0.2) is 72.8 Å². The molecule has 0 aliphatic carbocycles. The van der Waals surface area contributed by atoms with E-state index in [1.54, 1.807) is 59.3 Å². The van der Waals surface area contributed by atoms with Crippen LogP contribution in [-0.2, 0) is 0 Å². The largest absolute Gasteiger partial charge is 0.423 e. The van der Waals surface area contributed by atoms with Gasteiger partial charge in [-0.1, -0.05) is 29.3 Å². The Morgan fingerprint density at radius 2 is 1.61 bits per heavy atom. The van der Waals surface area contributed by atoms with E-state index in [1.165, 1.54) is 6.07 Å². The number of halogens is 2. The van der Waals surface area contributed by atoms with Gasteiger partial charge in [-0.15, -0.1) is 0 Å². The molecule has 0 aliphatic rings. The number of ether oxygens (including phenoxy) is 1. The quantitative estimate of drug-likeness (QED) is 0.270. The Labute approximate surface area is 200 Å². The second kappa shape index (κ2) is 9.48. The van der Waals surface area contributed by atoms with Crippen molar-refractivity contribution in [1.82, 2.24) is 9.78 Å². The minimum absolute atomic E-state index is 0.287. The van der Waals surface area contributed by atoms with E-state index in [0.29, 0.717) is 32.6 Å². The third-order valence-electron chi connectivity index (χ3n) is 4.96. The number of hydrogen-bond acceptors (Lipinski definition) is 4. The van der Waals surface area contributed by atoms with Crippen molar-refractivity contribution in [3.8, 4) is 11.4 Å². The lowest BCUT2D eigenvalue weighted by atomic mass is 10.2. The molecule has 1 aromatic heterocycles. The predicted octanol–water partition coefficient (Wildman–Crippen LogP) is 6.27. The molecule has 0 fully saturated rings. The van der Waals surface area contributed by atoms with Crippen molar-refractivity contribution in [2.24, 2.45) is 0 Å². The number of carbonyl (C=O) groups excluding carboxylic acids is 2.